The van der Waals surface area contributed by atoms with E-state index >= 15 is 0 Å². The third-order valence-corrected chi connectivity index (χ3v) is 12.4. The lowest BCUT2D eigenvalue weighted by Crippen LogP contribution is -2.62. The molecule has 1 aromatic carbocycles. The number of carbonyl (C=O) groups is 1. The maximum absolute atomic E-state index is 12.6. The van der Waals surface area contributed by atoms with E-state index in [4.69, 9.17) is 0 Å². The van der Waals surface area contributed by atoms with E-state index in [2.05, 4.69) is 47.2 Å². The summed E-state index contributed by atoms with van der Waals surface area (Å²) in [7, 11) is 0. The average molecular weight is 590 g/mol. The molecule has 0 radical (unpaired) electrons. The quantitative estimate of drug-likeness (QED) is 0.268. The van der Waals surface area contributed by atoms with Crippen molar-refractivity contribution in [1.29, 1.82) is 0 Å². The molecule has 0 spiro atoms. The molecule has 4 N–H and O–H groups in total. The van der Waals surface area contributed by atoms with Crippen molar-refractivity contribution in [2.75, 3.05) is 0 Å². The summed E-state index contributed by atoms with van der Waals surface area (Å²) >= 11 is 3.49. The van der Waals surface area contributed by atoms with Gasteiger partial charge in [0, 0.05) is 16.5 Å². The number of rotatable bonds is 6. The lowest BCUT2D eigenvalue weighted by atomic mass is 9.43. The monoisotopic (exact) mass is 588 g/mol. The summed E-state index contributed by atoms with van der Waals surface area (Å²) in [6.45, 7) is 6.86. The van der Waals surface area contributed by atoms with Gasteiger partial charge in [-0.05, 0) is 104 Å². The minimum absolute atomic E-state index is 0.0864. The van der Waals surface area contributed by atoms with Gasteiger partial charge in [-0.3, -0.25) is 4.79 Å². The van der Waals surface area contributed by atoms with E-state index in [0.29, 0.717) is 36.0 Å². The van der Waals surface area contributed by atoms with E-state index in [1.54, 1.807) is 6.21 Å². The Bertz CT molecular complexity index is 1050. The molecule has 0 bridgehead atoms. The van der Waals surface area contributed by atoms with Crippen LogP contribution >= 0.6 is 15.9 Å². The first-order valence-corrected chi connectivity index (χ1v) is 15.5. The number of hydrazone groups is 1. The largest absolute Gasteiger partial charge is 0.393 e. The lowest BCUT2D eigenvalue weighted by Gasteiger charge is -2.63. The second-order valence-corrected chi connectivity index (χ2v) is 14.2. The van der Waals surface area contributed by atoms with Crippen molar-refractivity contribution in [3.8, 4) is 0 Å². The Morgan fingerprint density at radius 3 is 2.66 bits per heavy atom. The van der Waals surface area contributed by atoms with E-state index in [9.17, 15) is 20.1 Å². The topological polar surface area (TPSA) is 102 Å². The summed E-state index contributed by atoms with van der Waals surface area (Å²) in [5.74, 6) is 1.68. The van der Waals surface area contributed by atoms with Crippen molar-refractivity contribution in [3.05, 3.63) is 34.3 Å². The number of fused-ring (bicyclic) bond motifs is 5. The van der Waals surface area contributed by atoms with E-state index in [1.165, 1.54) is 0 Å². The molecule has 6 nitrogen and oxygen atoms in total. The van der Waals surface area contributed by atoms with Crippen molar-refractivity contribution < 1.29 is 20.1 Å². The number of aliphatic hydroxyl groups excluding tert-OH is 3. The molecule has 4 aliphatic rings. The SMILES string of the molecule is C[C@H](CCC(=O)N/N=C/c1ccccc1Br)[C@H]1CC[C@H]2[C@@H]3[C@H](O)C[C@@H]4C[C@H](O)CC[C@]4(C)[C@H]3C[C@H](O)[C@]12C. The first-order chi connectivity index (χ1) is 18.1. The molecular formula is C31H45BrN2O4. The predicted molar refractivity (Wildman–Crippen MR) is 152 cm³/mol. The highest BCUT2D eigenvalue weighted by molar-refractivity contribution is 9.10. The van der Waals surface area contributed by atoms with E-state index in [-0.39, 0.29) is 34.9 Å². The van der Waals surface area contributed by atoms with Crippen LogP contribution in [0.15, 0.2) is 33.8 Å². The molecule has 7 heteroatoms. The minimum atomic E-state index is -0.402. The number of carbonyl (C=O) groups excluding carboxylic acids is 1. The van der Waals surface area contributed by atoms with Crippen molar-refractivity contribution in [3.63, 3.8) is 0 Å². The molecule has 0 unspecified atom stereocenters. The summed E-state index contributed by atoms with van der Waals surface area (Å²) < 4.78 is 0.928. The van der Waals surface area contributed by atoms with E-state index < -0.39 is 6.10 Å². The Kier molecular flexibility index (Phi) is 8.14. The van der Waals surface area contributed by atoms with Crippen molar-refractivity contribution in [2.24, 2.45) is 51.4 Å². The normalized spacial score (nSPS) is 43.2. The number of nitrogens with one attached hydrogen (secondary N) is 1. The van der Waals surface area contributed by atoms with Crippen molar-refractivity contribution >= 4 is 28.1 Å². The number of hydrogen-bond donors (Lipinski definition) is 4. The zero-order chi connectivity index (χ0) is 27.2. The highest BCUT2D eigenvalue weighted by Crippen LogP contribution is 2.68. The summed E-state index contributed by atoms with van der Waals surface area (Å²) in [6, 6.07) is 7.73. The fourth-order valence-corrected chi connectivity index (χ4v) is 9.89. The molecular weight excluding hydrogens is 544 g/mol. The Labute approximate surface area is 235 Å². The molecule has 4 saturated carbocycles. The van der Waals surface area contributed by atoms with Crippen LogP contribution < -0.4 is 5.43 Å². The number of aliphatic hydroxyl groups is 3. The number of amides is 1. The van der Waals surface area contributed by atoms with Crippen molar-refractivity contribution in [2.45, 2.75) is 96.9 Å². The fraction of sp³-hybridized carbons (Fsp3) is 0.742. The molecule has 0 aromatic heterocycles. The minimum Gasteiger partial charge on any atom is -0.393 e. The zero-order valence-electron chi connectivity index (χ0n) is 23.0. The smallest absolute Gasteiger partial charge is 0.240 e. The third kappa shape index (κ3) is 4.90. The molecule has 38 heavy (non-hydrogen) atoms. The highest BCUT2D eigenvalue weighted by atomic mass is 79.9. The summed E-state index contributed by atoms with van der Waals surface area (Å²) in [6.07, 6.45) is 7.98. The van der Waals surface area contributed by atoms with Crippen LogP contribution in [0, 0.1) is 46.3 Å². The van der Waals surface area contributed by atoms with Crippen LogP contribution in [0.25, 0.3) is 0 Å². The Balaban J connectivity index is 1.23. The number of nitrogens with zero attached hydrogens (tertiary/aromatic N) is 1. The standard InChI is InChI=1S/C31H45BrN2O4/c1-18(8-11-28(38)34-33-17-19-6-4-5-7-25(19)32)22-9-10-23-29-24(16-27(37)31(22,23)3)30(2)13-12-21(35)14-20(30)15-26(29)36/h4-7,17-18,20-24,26-27,29,35-37H,8-16H2,1-3H3,(H,34,38)/b33-17+/t18-,20+,21-,22-,23+,24+,26-,27+,29+,30+,31-/m1/s1. The van der Waals surface area contributed by atoms with Gasteiger partial charge in [-0.25, -0.2) is 5.43 Å². The van der Waals surface area contributed by atoms with Gasteiger partial charge in [-0.1, -0.05) is 54.9 Å². The van der Waals surface area contributed by atoms with Gasteiger partial charge in [0.2, 0.25) is 5.91 Å². The first kappa shape index (κ1) is 28.3. The van der Waals surface area contributed by atoms with E-state index in [0.717, 1.165) is 61.4 Å². The highest BCUT2D eigenvalue weighted by Gasteiger charge is 2.65. The fourth-order valence-electron chi connectivity index (χ4n) is 9.50. The predicted octanol–water partition coefficient (Wildman–Crippen LogP) is 5.28. The van der Waals surface area contributed by atoms with Crippen LogP contribution in [-0.4, -0.2) is 45.8 Å². The van der Waals surface area contributed by atoms with Crippen LogP contribution in [0.1, 0.15) is 84.1 Å². The molecule has 0 saturated heterocycles. The van der Waals surface area contributed by atoms with Gasteiger partial charge in [-0.2, -0.15) is 5.10 Å². The molecule has 4 fully saturated rings. The van der Waals surface area contributed by atoms with Gasteiger partial charge in [-0.15, -0.1) is 0 Å². The molecule has 0 aliphatic heterocycles. The van der Waals surface area contributed by atoms with Crippen LogP contribution in [0.2, 0.25) is 0 Å². The third-order valence-electron chi connectivity index (χ3n) is 11.6. The maximum Gasteiger partial charge on any atom is 0.240 e. The van der Waals surface area contributed by atoms with Gasteiger partial charge in [0.15, 0.2) is 0 Å². The molecule has 1 aromatic rings. The summed E-state index contributed by atoms with van der Waals surface area (Å²) in [4.78, 5) is 12.6. The van der Waals surface area contributed by atoms with Crippen LogP contribution in [0.5, 0.6) is 0 Å². The molecule has 210 valence electrons. The molecule has 11 atom stereocenters. The molecule has 4 aliphatic carbocycles. The van der Waals surface area contributed by atoms with Gasteiger partial charge < -0.3 is 15.3 Å². The Morgan fingerprint density at radius 1 is 1.13 bits per heavy atom. The first-order valence-electron chi connectivity index (χ1n) is 14.7. The summed E-state index contributed by atoms with van der Waals surface area (Å²) in [5, 5.41) is 37.6. The molecule has 0 heterocycles. The van der Waals surface area contributed by atoms with Gasteiger partial charge in [0.25, 0.3) is 0 Å². The average Bonchev–Trinajstić information content (AvgIpc) is 3.24. The van der Waals surface area contributed by atoms with Crippen LogP contribution in [-0.2, 0) is 4.79 Å². The van der Waals surface area contributed by atoms with Crippen LogP contribution in [0.3, 0.4) is 0 Å². The number of benzene rings is 1. The second-order valence-electron chi connectivity index (χ2n) is 13.4. The molecule has 5 rings (SSSR count). The number of hydrogen-bond acceptors (Lipinski definition) is 5. The zero-order valence-corrected chi connectivity index (χ0v) is 24.6. The number of halogens is 1. The Hall–Kier alpha value is -1.28. The van der Waals surface area contributed by atoms with Gasteiger partial charge in [0.05, 0.1) is 24.5 Å². The van der Waals surface area contributed by atoms with Crippen LogP contribution in [0.4, 0.5) is 0 Å². The van der Waals surface area contributed by atoms with Gasteiger partial charge >= 0.3 is 0 Å². The maximum atomic E-state index is 12.6. The van der Waals surface area contributed by atoms with Gasteiger partial charge in [0.1, 0.15) is 0 Å². The second kappa shape index (κ2) is 10.9. The van der Waals surface area contributed by atoms with E-state index in [1.807, 2.05) is 24.3 Å². The molecule has 1 amide bonds. The summed E-state index contributed by atoms with van der Waals surface area (Å²) in [5.41, 5.74) is 3.42. The van der Waals surface area contributed by atoms with Crippen molar-refractivity contribution in [1.82, 2.24) is 5.43 Å². The Morgan fingerprint density at radius 2 is 1.89 bits per heavy atom. The lowest BCUT2D eigenvalue weighted by molar-refractivity contribution is -0.207.